The van der Waals surface area contributed by atoms with Gasteiger partial charge in [0.15, 0.2) is 5.78 Å². The fourth-order valence-electron chi connectivity index (χ4n) is 3.35. The Bertz CT molecular complexity index is 1460. The largest absolute Gasteiger partial charge is 0.475 e. The van der Waals surface area contributed by atoms with Crippen molar-refractivity contribution in [1.82, 2.24) is 9.97 Å². The Morgan fingerprint density at radius 3 is 2.30 bits per heavy atom. The number of rotatable bonds is 7. The summed E-state index contributed by atoms with van der Waals surface area (Å²) in [5.41, 5.74) is 6.39. The quantitative estimate of drug-likeness (QED) is 0.271. The van der Waals surface area contributed by atoms with Crippen LogP contribution in [-0.2, 0) is 6.18 Å². The molecule has 0 bridgehead atoms. The number of benzene rings is 3. The Morgan fingerprint density at radius 2 is 1.59 bits per heavy atom. The molecule has 1 aromatic heterocycles. The Kier molecular flexibility index (Phi) is 7.55. The van der Waals surface area contributed by atoms with Crippen molar-refractivity contribution in [3.05, 3.63) is 88.6 Å². The van der Waals surface area contributed by atoms with Crippen LogP contribution < -0.4 is 21.1 Å². The average Bonchev–Trinajstić information content (AvgIpc) is 2.87. The van der Waals surface area contributed by atoms with Gasteiger partial charge in [0, 0.05) is 29.0 Å². The molecule has 3 aromatic carbocycles. The lowest BCUT2D eigenvalue weighted by Gasteiger charge is -2.12. The summed E-state index contributed by atoms with van der Waals surface area (Å²) in [7, 11) is 0. The van der Waals surface area contributed by atoms with Crippen molar-refractivity contribution in [3.63, 3.8) is 0 Å². The van der Waals surface area contributed by atoms with E-state index in [4.69, 9.17) is 22.1 Å². The van der Waals surface area contributed by atoms with E-state index in [0.29, 0.717) is 40.3 Å². The maximum Gasteiger partial charge on any atom is 0.417 e. The van der Waals surface area contributed by atoms with Crippen molar-refractivity contribution >= 4 is 45.8 Å². The number of anilines is 2. The molecular weight excluding hydrogens is 511 g/mol. The minimum absolute atomic E-state index is 0.0861. The number of urea groups is 1. The molecule has 1 heterocycles. The summed E-state index contributed by atoms with van der Waals surface area (Å²) in [6, 6.07) is 13.2. The Balaban J connectivity index is 1.44. The molecule has 2 amide bonds. The highest BCUT2D eigenvalue weighted by molar-refractivity contribution is 6.31. The number of hydrogen-bond acceptors (Lipinski definition) is 6. The third-order valence-corrected chi connectivity index (χ3v) is 5.41. The second-order valence-corrected chi connectivity index (χ2v) is 8.13. The zero-order valence-electron chi connectivity index (χ0n) is 19.0. The molecule has 0 radical (unpaired) electrons. The van der Waals surface area contributed by atoms with Crippen molar-refractivity contribution in [2.24, 2.45) is 5.73 Å². The van der Waals surface area contributed by atoms with Gasteiger partial charge >= 0.3 is 12.2 Å². The minimum atomic E-state index is -4.66. The topological polar surface area (TPSA) is 119 Å². The number of carbonyl (C=O) groups is 2. The SMILES string of the molecule is NCCOc1cnc2ccc(C(=O)c3ccc(NC(=O)Nc4ccc(Cl)c(C(F)(F)F)c4)cc3)cc2n1. The van der Waals surface area contributed by atoms with E-state index in [2.05, 4.69) is 20.6 Å². The summed E-state index contributed by atoms with van der Waals surface area (Å²) >= 11 is 5.59. The number of nitrogens with one attached hydrogen (secondary N) is 2. The monoisotopic (exact) mass is 529 g/mol. The molecule has 0 aliphatic carbocycles. The van der Waals surface area contributed by atoms with Gasteiger partial charge < -0.3 is 21.1 Å². The smallest absolute Gasteiger partial charge is 0.417 e. The van der Waals surface area contributed by atoms with Crippen LogP contribution in [0.5, 0.6) is 5.88 Å². The maximum atomic E-state index is 13.0. The fourth-order valence-corrected chi connectivity index (χ4v) is 3.58. The van der Waals surface area contributed by atoms with Gasteiger partial charge in [0.2, 0.25) is 5.88 Å². The van der Waals surface area contributed by atoms with Crippen LogP contribution in [0.1, 0.15) is 21.5 Å². The number of nitrogens with zero attached hydrogens (tertiary/aromatic N) is 2. The predicted molar refractivity (Wildman–Crippen MR) is 133 cm³/mol. The van der Waals surface area contributed by atoms with E-state index in [1.165, 1.54) is 36.5 Å². The van der Waals surface area contributed by atoms with Crippen molar-refractivity contribution < 1.29 is 27.5 Å². The predicted octanol–water partition coefficient (Wildman–Crippen LogP) is 5.51. The van der Waals surface area contributed by atoms with E-state index in [-0.39, 0.29) is 18.1 Å². The molecule has 4 rings (SSSR count). The van der Waals surface area contributed by atoms with Gasteiger partial charge in [0.05, 0.1) is 27.8 Å². The second kappa shape index (κ2) is 10.8. The third-order valence-electron chi connectivity index (χ3n) is 5.08. The highest BCUT2D eigenvalue weighted by atomic mass is 35.5. The molecule has 0 fully saturated rings. The molecular formula is C25H19ClF3N5O3. The van der Waals surface area contributed by atoms with Crippen LogP contribution in [-0.4, -0.2) is 34.9 Å². The Morgan fingerprint density at radius 1 is 0.919 bits per heavy atom. The Labute approximate surface area is 213 Å². The summed E-state index contributed by atoms with van der Waals surface area (Å²) in [5.74, 6) is 0.0123. The molecule has 0 saturated heterocycles. The second-order valence-electron chi connectivity index (χ2n) is 7.73. The lowest BCUT2D eigenvalue weighted by atomic mass is 10.0. The van der Waals surface area contributed by atoms with Crippen LogP contribution >= 0.6 is 11.6 Å². The normalized spacial score (nSPS) is 11.3. The highest BCUT2D eigenvalue weighted by Crippen LogP contribution is 2.36. The van der Waals surface area contributed by atoms with Gasteiger partial charge in [-0.3, -0.25) is 4.79 Å². The molecule has 0 aliphatic heterocycles. The zero-order chi connectivity index (χ0) is 26.6. The lowest BCUT2D eigenvalue weighted by molar-refractivity contribution is -0.137. The molecule has 0 unspecified atom stereocenters. The number of halogens is 4. The van der Waals surface area contributed by atoms with Crippen LogP contribution in [0.15, 0.2) is 66.9 Å². The summed E-state index contributed by atoms with van der Waals surface area (Å²) in [4.78, 5) is 33.8. The highest BCUT2D eigenvalue weighted by Gasteiger charge is 2.33. The molecule has 0 spiro atoms. The van der Waals surface area contributed by atoms with E-state index in [9.17, 15) is 22.8 Å². The standard InChI is InChI=1S/C25H19ClF3N5O3/c26-19-7-6-17(12-18(19)25(27,28)29)33-24(36)32-16-4-1-14(2-5-16)23(35)15-3-8-20-21(11-15)34-22(13-31-20)37-10-9-30/h1-8,11-13H,9-10,30H2,(H2,32,33,36). The van der Waals surface area contributed by atoms with Crippen LogP contribution in [0.25, 0.3) is 11.0 Å². The van der Waals surface area contributed by atoms with Gasteiger partial charge in [-0.25, -0.2) is 14.8 Å². The summed E-state index contributed by atoms with van der Waals surface area (Å²) in [6.07, 6.45) is -3.19. The summed E-state index contributed by atoms with van der Waals surface area (Å²) in [6.45, 7) is 0.608. The van der Waals surface area contributed by atoms with Crippen LogP contribution in [0.3, 0.4) is 0 Å². The van der Waals surface area contributed by atoms with Gasteiger partial charge in [-0.1, -0.05) is 11.6 Å². The van der Waals surface area contributed by atoms with Gasteiger partial charge in [-0.15, -0.1) is 0 Å². The first-order valence-corrected chi connectivity index (χ1v) is 11.2. The van der Waals surface area contributed by atoms with E-state index in [1.54, 1.807) is 18.2 Å². The van der Waals surface area contributed by atoms with Gasteiger partial charge in [0.25, 0.3) is 0 Å². The fraction of sp³-hybridized carbons (Fsp3) is 0.120. The molecule has 0 saturated carbocycles. The molecule has 0 atom stereocenters. The number of alkyl halides is 3. The number of amides is 2. The van der Waals surface area contributed by atoms with E-state index in [0.717, 1.165) is 12.1 Å². The average molecular weight is 530 g/mol. The first-order chi connectivity index (χ1) is 17.6. The van der Waals surface area contributed by atoms with Gasteiger partial charge in [-0.2, -0.15) is 13.2 Å². The summed E-state index contributed by atoms with van der Waals surface area (Å²) in [5, 5.41) is 4.35. The third kappa shape index (κ3) is 6.32. The number of ether oxygens (including phenoxy) is 1. The minimum Gasteiger partial charge on any atom is -0.475 e. The van der Waals surface area contributed by atoms with Crippen molar-refractivity contribution in [1.29, 1.82) is 0 Å². The number of fused-ring (bicyclic) bond motifs is 1. The van der Waals surface area contributed by atoms with Gasteiger partial charge in [-0.05, 0) is 60.7 Å². The van der Waals surface area contributed by atoms with Crippen LogP contribution in [0.2, 0.25) is 5.02 Å². The number of nitrogens with two attached hydrogens (primary N) is 1. The molecule has 190 valence electrons. The maximum absolute atomic E-state index is 13.0. The van der Waals surface area contributed by atoms with Crippen molar-refractivity contribution in [2.75, 3.05) is 23.8 Å². The van der Waals surface area contributed by atoms with E-state index >= 15 is 0 Å². The number of aromatic nitrogens is 2. The molecule has 4 aromatic rings. The van der Waals surface area contributed by atoms with Crippen molar-refractivity contribution in [2.45, 2.75) is 6.18 Å². The molecule has 8 nitrogen and oxygen atoms in total. The molecule has 0 aliphatic rings. The molecule has 4 N–H and O–H groups in total. The Hall–Kier alpha value is -4.22. The summed E-state index contributed by atoms with van der Waals surface area (Å²) < 4.78 is 44.4. The lowest BCUT2D eigenvalue weighted by Crippen LogP contribution is -2.20. The van der Waals surface area contributed by atoms with Crippen LogP contribution in [0.4, 0.5) is 29.3 Å². The number of carbonyl (C=O) groups excluding carboxylic acids is 2. The van der Waals surface area contributed by atoms with Crippen LogP contribution in [0, 0.1) is 0 Å². The molecule has 12 heteroatoms. The van der Waals surface area contributed by atoms with Gasteiger partial charge in [0.1, 0.15) is 6.61 Å². The van der Waals surface area contributed by atoms with E-state index < -0.39 is 22.8 Å². The van der Waals surface area contributed by atoms with Crippen molar-refractivity contribution in [3.8, 4) is 5.88 Å². The first kappa shape index (κ1) is 25.9. The number of hydrogen-bond donors (Lipinski definition) is 3. The number of ketones is 1. The first-order valence-electron chi connectivity index (χ1n) is 10.8. The molecule has 37 heavy (non-hydrogen) atoms. The zero-order valence-corrected chi connectivity index (χ0v) is 19.7. The van der Waals surface area contributed by atoms with E-state index in [1.807, 2.05) is 0 Å².